The summed E-state index contributed by atoms with van der Waals surface area (Å²) in [6.07, 6.45) is 5.32. The molecule has 7 nitrogen and oxygen atoms in total. The lowest BCUT2D eigenvalue weighted by Gasteiger charge is -2.36. The Bertz CT molecular complexity index is 1540. The molecule has 41 heavy (non-hydrogen) atoms. The number of anilines is 2. The van der Waals surface area contributed by atoms with Crippen LogP contribution in [0.3, 0.4) is 0 Å². The van der Waals surface area contributed by atoms with Crippen LogP contribution in [0.4, 0.5) is 24.9 Å². The Morgan fingerprint density at radius 1 is 0.976 bits per heavy atom. The van der Waals surface area contributed by atoms with Crippen molar-refractivity contribution in [2.75, 3.05) is 12.0 Å². The summed E-state index contributed by atoms with van der Waals surface area (Å²) < 4.78 is 49.6. The zero-order valence-corrected chi connectivity index (χ0v) is 21.8. The van der Waals surface area contributed by atoms with Crippen LogP contribution in [-0.4, -0.2) is 35.8 Å². The van der Waals surface area contributed by atoms with E-state index in [2.05, 4.69) is 60.7 Å². The van der Waals surface area contributed by atoms with E-state index in [-0.39, 0.29) is 6.04 Å². The second-order valence-corrected chi connectivity index (χ2v) is 9.24. The molecule has 4 aromatic rings. The van der Waals surface area contributed by atoms with Crippen molar-refractivity contribution >= 4 is 29.1 Å². The first-order chi connectivity index (χ1) is 19.7. The molecule has 1 aliphatic heterocycles. The first kappa shape index (κ1) is 27.7. The van der Waals surface area contributed by atoms with Gasteiger partial charge in [-0.1, -0.05) is 72.8 Å². The second kappa shape index (κ2) is 11.3. The van der Waals surface area contributed by atoms with E-state index in [4.69, 9.17) is 28.5 Å². The van der Waals surface area contributed by atoms with Gasteiger partial charge in [0.15, 0.2) is 0 Å². The third kappa shape index (κ3) is 5.59. The molecule has 0 amide bonds. The average molecular weight is 563 g/mol. The number of carboxylic acid groups (broad SMARTS) is 1. The molecule has 10 heteroatoms. The SMILES string of the molecule is COC1(C2N=C(N(c3ccco3)c3ccco3)c3ccccc32)C=CC=C(c2ccccc2)C1.O=C(O)C(F)(F)F. The number of fused-ring (bicyclic) bond motifs is 1. The van der Waals surface area contributed by atoms with Gasteiger partial charge in [-0.3, -0.25) is 4.99 Å². The molecule has 210 valence electrons. The Morgan fingerprint density at radius 3 is 2.15 bits per heavy atom. The summed E-state index contributed by atoms with van der Waals surface area (Å²) in [6, 6.07) is 26.1. The Labute approximate surface area is 233 Å². The van der Waals surface area contributed by atoms with E-state index in [1.165, 1.54) is 11.1 Å². The highest BCUT2D eigenvalue weighted by Gasteiger charge is 2.45. The molecule has 3 heterocycles. The van der Waals surface area contributed by atoms with Crippen molar-refractivity contribution in [1.29, 1.82) is 0 Å². The number of hydrogen-bond acceptors (Lipinski definition) is 6. The van der Waals surface area contributed by atoms with E-state index >= 15 is 0 Å². The fraction of sp³-hybridized carbons (Fsp3) is 0.161. The first-order valence-corrected chi connectivity index (χ1v) is 12.6. The molecule has 0 saturated carbocycles. The smallest absolute Gasteiger partial charge is 0.475 e. The summed E-state index contributed by atoms with van der Waals surface area (Å²) >= 11 is 0. The lowest BCUT2D eigenvalue weighted by atomic mass is 9.79. The molecule has 2 aromatic carbocycles. The Kier molecular flexibility index (Phi) is 7.67. The van der Waals surface area contributed by atoms with Crippen LogP contribution in [0.2, 0.25) is 0 Å². The molecule has 2 aliphatic rings. The number of carbonyl (C=O) groups is 1. The summed E-state index contributed by atoms with van der Waals surface area (Å²) in [6.45, 7) is 0. The minimum absolute atomic E-state index is 0.236. The molecule has 0 spiro atoms. The Morgan fingerprint density at radius 2 is 1.59 bits per heavy atom. The molecule has 0 bridgehead atoms. The molecular weight excluding hydrogens is 537 g/mol. The van der Waals surface area contributed by atoms with E-state index in [9.17, 15) is 13.2 Å². The maximum atomic E-state index is 10.6. The van der Waals surface area contributed by atoms with Crippen LogP contribution in [0.5, 0.6) is 0 Å². The van der Waals surface area contributed by atoms with Crippen LogP contribution in [0.25, 0.3) is 5.57 Å². The third-order valence-corrected chi connectivity index (χ3v) is 6.79. The molecule has 1 aliphatic carbocycles. The molecule has 0 radical (unpaired) electrons. The molecule has 1 N–H and O–H groups in total. The van der Waals surface area contributed by atoms with Gasteiger partial charge in [0.05, 0.1) is 12.5 Å². The highest BCUT2D eigenvalue weighted by atomic mass is 19.4. The van der Waals surface area contributed by atoms with Gasteiger partial charge in [-0.15, -0.1) is 0 Å². The van der Waals surface area contributed by atoms with E-state index in [1.807, 2.05) is 41.3 Å². The number of methoxy groups -OCH3 is 1. The fourth-order valence-corrected chi connectivity index (χ4v) is 4.90. The van der Waals surface area contributed by atoms with Crippen molar-refractivity contribution in [2.45, 2.75) is 24.2 Å². The normalized spacial score (nSPS) is 19.5. The van der Waals surface area contributed by atoms with Crippen molar-refractivity contribution in [2.24, 2.45) is 4.99 Å². The maximum Gasteiger partial charge on any atom is 0.490 e. The van der Waals surface area contributed by atoms with Gasteiger partial charge in [0, 0.05) is 31.2 Å². The predicted octanol–water partition coefficient (Wildman–Crippen LogP) is 7.57. The second-order valence-electron chi connectivity index (χ2n) is 9.24. The van der Waals surface area contributed by atoms with Gasteiger partial charge < -0.3 is 18.7 Å². The summed E-state index contributed by atoms with van der Waals surface area (Å²) in [4.78, 5) is 16.1. The molecule has 0 fully saturated rings. The molecule has 2 unspecified atom stereocenters. The quantitative estimate of drug-likeness (QED) is 0.270. The Balaban J connectivity index is 0.000000431. The van der Waals surface area contributed by atoms with Gasteiger partial charge in [0.25, 0.3) is 0 Å². The van der Waals surface area contributed by atoms with Crippen molar-refractivity contribution in [1.82, 2.24) is 0 Å². The number of halogens is 3. The maximum absolute atomic E-state index is 10.6. The number of ether oxygens (including phenoxy) is 1. The monoisotopic (exact) mass is 562 g/mol. The highest BCUT2D eigenvalue weighted by molar-refractivity contribution is 6.15. The van der Waals surface area contributed by atoms with Gasteiger partial charge >= 0.3 is 12.1 Å². The van der Waals surface area contributed by atoms with Crippen molar-refractivity contribution in [3.8, 4) is 0 Å². The van der Waals surface area contributed by atoms with Gasteiger partial charge in [-0.25, -0.2) is 9.69 Å². The van der Waals surface area contributed by atoms with Crippen molar-refractivity contribution in [3.05, 3.63) is 126 Å². The van der Waals surface area contributed by atoms with Crippen LogP contribution in [0.15, 0.2) is 123 Å². The number of furan rings is 2. The number of aliphatic carboxylic acids is 1. The summed E-state index contributed by atoms with van der Waals surface area (Å²) in [5, 5.41) is 7.12. The van der Waals surface area contributed by atoms with Crippen LogP contribution in [0, 0.1) is 0 Å². The van der Waals surface area contributed by atoms with E-state index in [0.717, 1.165) is 17.0 Å². The zero-order valence-electron chi connectivity index (χ0n) is 21.8. The number of rotatable bonds is 5. The van der Waals surface area contributed by atoms with Crippen molar-refractivity contribution in [3.63, 3.8) is 0 Å². The fourth-order valence-electron chi connectivity index (χ4n) is 4.90. The lowest BCUT2D eigenvalue weighted by Crippen LogP contribution is -2.36. The molecule has 2 aromatic heterocycles. The highest BCUT2D eigenvalue weighted by Crippen LogP contribution is 2.48. The average Bonchev–Trinajstić information content (AvgIpc) is 3.77. The van der Waals surface area contributed by atoms with Crippen LogP contribution < -0.4 is 4.90 Å². The number of hydrogen-bond donors (Lipinski definition) is 1. The van der Waals surface area contributed by atoms with Crippen LogP contribution in [0.1, 0.15) is 29.2 Å². The number of amidine groups is 1. The van der Waals surface area contributed by atoms with E-state index in [0.29, 0.717) is 18.2 Å². The number of aliphatic imine (C=N–C) groups is 1. The number of allylic oxidation sites excluding steroid dienone is 2. The minimum Gasteiger partial charge on any atom is -0.475 e. The molecule has 6 rings (SSSR count). The van der Waals surface area contributed by atoms with Gasteiger partial charge in [0.1, 0.15) is 17.5 Å². The number of benzene rings is 2. The molecule has 0 saturated heterocycles. The summed E-state index contributed by atoms with van der Waals surface area (Å²) in [5.41, 5.74) is 3.93. The molecular formula is C31H25F3N2O5. The van der Waals surface area contributed by atoms with Crippen LogP contribution in [-0.2, 0) is 9.53 Å². The largest absolute Gasteiger partial charge is 0.490 e. The minimum atomic E-state index is -5.08. The van der Waals surface area contributed by atoms with Gasteiger partial charge in [-0.05, 0) is 28.8 Å². The van der Waals surface area contributed by atoms with Crippen molar-refractivity contribution < 1.29 is 36.6 Å². The topological polar surface area (TPSA) is 88.4 Å². The first-order valence-electron chi connectivity index (χ1n) is 12.6. The van der Waals surface area contributed by atoms with E-state index in [1.54, 1.807) is 19.6 Å². The Hall–Kier alpha value is -4.83. The van der Waals surface area contributed by atoms with Gasteiger partial charge in [0.2, 0.25) is 11.8 Å². The standard InChI is InChI=1S/C29H24N2O3.C2HF3O2/c1-32-29(17-7-12-22(20-29)21-10-3-2-4-11-21)27-23-13-5-6-14-24(23)28(30-27)31(25-15-8-18-33-25)26-16-9-19-34-26;3-2(4,5)1(6)7/h2-19,27H,20H2,1H3;(H,6,7). The zero-order chi connectivity index (χ0) is 29.0. The van der Waals surface area contributed by atoms with Crippen LogP contribution >= 0.6 is 0 Å². The van der Waals surface area contributed by atoms with Gasteiger partial charge in [-0.2, -0.15) is 13.2 Å². The van der Waals surface area contributed by atoms with E-state index < -0.39 is 17.7 Å². The summed E-state index contributed by atoms with van der Waals surface area (Å²) in [7, 11) is 1.77. The molecule has 2 atom stereocenters. The predicted molar refractivity (Wildman–Crippen MR) is 147 cm³/mol. The number of nitrogens with zero attached hydrogens (tertiary/aromatic N) is 2. The number of carboxylic acids is 1. The number of alkyl halides is 3. The summed E-state index contributed by atoms with van der Waals surface area (Å²) in [5.74, 6) is -0.710. The third-order valence-electron chi connectivity index (χ3n) is 6.79. The lowest BCUT2D eigenvalue weighted by molar-refractivity contribution is -0.192.